The van der Waals surface area contributed by atoms with Gasteiger partial charge in [0.1, 0.15) is 5.69 Å². The van der Waals surface area contributed by atoms with Crippen LogP contribution in [-0.2, 0) is 6.54 Å². The molecule has 2 aliphatic heterocycles. The maximum atomic E-state index is 6.05. The van der Waals surface area contributed by atoms with Gasteiger partial charge in [-0.1, -0.05) is 35.8 Å². The Hall–Kier alpha value is -2.68. The molecule has 8 nitrogen and oxygen atoms in total. The van der Waals surface area contributed by atoms with E-state index in [4.69, 9.17) is 21.0 Å². The monoisotopic (exact) mass is 523 g/mol. The number of likely N-dealkylation sites (tertiary alicyclic amines) is 1. The summed E-state index contributed by atoms with van der Waals surface area (Å²) in [6.07, 6.45) is 3.62. The van der Waals surface area contributed by atoms with E-state index in [0.717, 1.165) is 63.0 Å². The molecular weight excluding hydrogens is 486 g/mol. The van der Waals surface area contributed by atoms with Gasteiger partial charge < -0.3 is 14.6 Å². The van der Waals surface area contributed by atoms with E-state index in [9.17, 15) is 0 Å². The summed E-state index contributed by atoms with van der Waals surface area (Å²) >= 11 is 6.05. The summed E-state index contributed by atoms with van der Waals surface area (Å²) < 4.78 is 5.69. The van der Waals surface area contributed by atoms with E-state index in [1.807, 2.05) is 25.1 Å². The normalized spacial score (nSPS) is 19.9. The van der Waals surface area contributed by atoms with Gasteiger partial charge >= 0.3 is 6.01 Å². The predicted molar refractivity (Wildman–Crippen MR) is 149 cm³/mol. The Balaban J connectivity index is 1.18. The molecule has 0 bridgehead atoms. The third-order valence-corrected chi connectivity index (χ3v) is 7.97. The van der Waals surface area contributed by atoms with E-state index in [1.54, 1.807) is 0 Å². The van der Waals surface area contributed by atoms with Gasteiger partial charge in [-0.05, 0) is 76.0 Å². The van der Waals surface area contributed by atoms with Gasteiger partial charge in [0.15, 0.2) is 0 Å². The van der Waals surface area contributed by atoms with Crippen molar-refractivity contribution >= 4 is 23.3 Å². The first-order valence-corrected chi connectivity index (χ1v) is 13.9. The van der Waals surface area contributed by atoms with Crippen LogP contribution in [0.5, 0.6) is 0 Å². The molecule has 0 spiro atoms. The maximum absolute atomic E-state index is 6.05. The van der Waals surface area contributed by atoms with Gasteiger partial charge in [0, 0.05) is 49.8 Å². The summed E-state index contributed by atoms with van der Waals surface area (Å²) in [6.45, 7) is 13.6. The Labute approximate surface area is 225 Å². The fourth-order valence-corrected chi connectivity index (χ4v) is 5.87. The third kappa shape index (κ3) is 6.08. The van der Waals surface area contributed by atoms with Crippen molar-refractivity contribution in [1.82, 2.24) is 25.0 Å². The highest BCUT2D eigenvalue weighted by atomic mass is 35.5. The molecule has 1 aromatic carbocycles. The molecule has 4 heterocycles. The SMILES string of the molecule is CCNc1nnc(-c2ccc(N3CCN(C4CCN(Cc5ccc(Cl)cc5)CC4)[C@@H](CC)C3)c(C)n2)o1. The van der Waals surface area contributed by atoms with Crippen LogP contribution in [0, 0.1) is 6.92 Å². The van der Waals surface area contributed by atoms with Gasteiger partial charge in [0.05, 0.1) is 11.4 Å². The first kappa shape index (κ1) is 25.9. The van der Waals surface area contributed by atoms with Gasteiger partial charge in [-0.25, -0.2) is 4.98 Å². The summed E-state index contributed by atoms with van der Waals surface area (Å²) in [4.78, 5) is 12.7. The minimum absolute atomic E-state index is 0.429. The zero-order valence-electron chi connectivity index (χ0n) is 22.2. The van der Waals surface area contributed by atoms with Crippen molar-refractivity contribution in [1.29, 1.82) is 0 Å². The number of hydrogen-bond acceptors (Lipinski definition) is 8. The number of nitrogens with one attached hydrogen (secondary N) is 1. The number of halogens is 1. The second-order valence-corrected chi connectivity index (χ2v) is 10.6. The zero-order valence-corrected chi connectivity index (χ0v) is 22.9. The molecule has 2 aliphatic rings. The molecule has 0 unspecified atom stereocenters. The first-order chi connectivity index (χ1) is 18.0. The highest BCUT2D eigenvalue weighted by molar-refractivity contribution is 6.30. The van der Waals surface area contributed by atoms with Gasteiger partial charge in [0.2, 0.25) is 0 Å². The molecule has 2 aromatic heterocycles. The summed E-state index contributed by atoms with van der Waals surface area (Å²) in [7, 11) is 0. The van der Waals surface area contributed by atoms with E-state index < -0.39 is 0 Å². The Morgan fingerprint density at radius 1 is 1.00 bits per heavy atom. The third-order valence-electron chi connectivity index (χ3n) is 7.72. The highest BCUT2D eigenvalue weighted by Gasteiger charge is 2.33. The Morgan fingerprint density at radius 2 is 1.78 bits per heavy atom. The lowest BCUT2D eigenvalue weighted by molar-refractivity contribution is 0.0612. The van der Waals surface area contributed by atoms with Crippen LogP contribution < -0.4 is 10.2 Å². The molecular formula is C28H38ClN7O. The molecule has 2 saturated heterocycles. The molecule has 1 atom stereocenters. The topological polar surface area (TPSA) is 73.6 Å². The van der Waals surface area contributed by atoms with Gasteiger partial charge in [0.25, 0.3) is 5.89 Å². The summed E-state index contributed by atoms with van der Waals surface area (Å²) in [5, 5.41) is 12.0. The van der Waals surface area contributed by atoms with Crippen molar-refractivity contribution in [3.8, 4) is 11.6 Å². The van der Waals surface area contributed by atoms with Crippen molar-refractivity contribution in [2.45, 2.75) is 58.7 Å². The van der Waals surface area contributed by atoms with Crippen molar-refractivity contribution < 1.29 is 4.42 Å². The van der Waals surface area contributed by atoms with Crippen LogP contribution in [-0.4, -0.2) is 76.3 Å². The molecule has 9 heteroatoms. The molecule has 1 N–H and O–H groups in total. The lowest BCUT2D eigenvalue weighted by atomic mass is 9.97. The Morgan fingerprint density at radius 3 is 2.49 bits per heavy atom. The van der Waals surface area contributed by atoms with E-state index in [2.05, 4.69) is 62.3 Å². The van der Waals surface area contributed by atoms with Crippen LogP contribution in [0.25, 0.3) is 11.6 Å². The summed E-state index contributed by atoms with van der Waals surface area (Å²) in [6, 6.07) is 14.1. The van der Waals surface area contributed by atoms with Crippen molar-refractivity contribution in [3.05, 3.63) is 52.7 Å². The second-order valence-electron chi connectivity index (χ2n) is 10.1. The first-order valence-electron chi connectivity index (χ1n) is 13.6. The maximum Gasteiger partial charge on any atom is 0.315 e. The van der Waals surface area contributed by atoms with Crippen LogP contribution in [0.2, 0.25) is 5.02 Å². The number of aryl methyl sites for hydroxylation is 1. The van der Waals surface area contributed by atoms with Crippen LogP contribution in [0.4, 0.5) is 11.7 Å². The molecule has 0 saturated carbocycles. The fraction of sp³-hybridized carbons (Fsp3) is 0.536. The van der Waals surface area contributed by atoms with Crippen LogP contribution in [0.15, 0.2) is 40.8 Å². The number of nitrogens with zero attached hydrogens (tertiary/aromatic N) is 6. The number of aromatic nitrogens is 3. The van der Waals surface area contributed by atoms with E-state index in [1.165, 1.54) is 24.1 Å². The summed E-state index contributed by atoms with van der Waals surface area (Å²) in [5.74, 6) is 0.448. The molecule has 5 rings (SSSR count). The average Bonchev–Trinajstić information content (AvgIpc) is 3.39. The second kappa shape index (κ2) is 11.8. The number of piperazine rings is 1. The average molecular weight is 524 g/mol. The number of benzene rings is 1. The zero-order chi connectivity index (χ0) is 25.8. The largest absolute Gasteiger partial charge is 0.402 e. The smallest absolute Gasteiger partial charge is 0.315 e. The highest BCUT2D eigenvalue weighted by Crippen LogP contribution is 2.29. The Bertz CT molecular complexity index is 1160. The molecule has 3 aromatic rings. The number of hydrogen-bond donors (Lipinski definition) is 1. The van der Waals surface area contributed by atoms with Crippen molar-refractivity contribution in [2.75, 3.05) is 49.5 Å². The van der Waals surface area contributed by atoms with Gasteiger partial charge in [-0.15, -0.1) is 5.10 Å². The van der Waals surface area contributed by atoms with E-state index in [0.29, 0.717) is 29.7 Å². The minimum atomic E-state index is 0.429. The van der Waals surface area contributed by atoms with Crippen LogP contribution >= 0.6 is 11.6 Å². The quantitative estimate of drug-likeness (QED) is 0.437. The Kier molecular flexibility index (Phi) is 8.27. The minimum Gasteiger partial charge on any atom is -0.402 e. The number of piperidine rings is 1. The molecule has 2 fully saturated rings. The summed E-state index contributed by atoms with van der Waals surface area (Å²) in [5.41, 5.74) is 4.26. The lowest BCUT2D eigenvalue weighted by Gasteiger charge is -2.48. The van der Waals surface area contributed by atoms with E-state index in [-0.39, 0.29) is 0 Å². The fourth-order valence-electron chi connectivity index (χ4n) is 5.75. The molecule has 0 amide bonds. The number of rotatable bonds is 8. The predicted octanol–water partition coefficient (Wildman–Crippen LogP) is 5.09. The van der Waals surface area contributed by atoms with Gasteiger partial charge in [-0.3, -0.25) is 9.80 Å². The lowest BCUT2D eigenvalue weighted by Crippen LogP contribution is -2.58. The molecule has 198 valence electrons. The van der Waals surface area contributed by atoms with E-state index >= 15 is 0 Å². The molecule has 0 aliphatic carbocycles. The number of pyridine rings is 1. The van der Waals surface area contributed by atoms with Gasteiger partial charge in [-0.2, -0.15) is 0 Å². The molecule has 37 heavy (non-hydrogen) atoms. The molecule has 0 radical (unpaired) electrons. The number of anilines is 2. The van der Waals surface area contributed by atoms with Crippen molar-refractivity contribution in [2.24, 2.45) is 0 Å². The van der Waals surface area contributed by atoms with Crippen molar-refractivity contribution in [3.63, 3.8) is 0 Å². The standard InChI is InChI=1S/C28H38ClN7O/c1-4-23-19-35(26-11-10-25(31-20(26)3)27-32-33-28(37-27)30-5-2)16-17-36(23)24-12-14-34(15-13-24)18-21-6-8-22(29)9-7-21/h6-11,23-24H,4-5,12-19H2,1-3H3,(H,30,33)/t23-/m0/s1. The van der Waals surface area contributed by atoms with Crippen LogP contribution in [0.1, 0.15) is 44.4 Å². The van der Waals surface area contributed by atoms with Crippen LogP contribution in [0.3, 0.4) is 0 Å².